The Morgan fingerprint density at radius 1 is 1.12 bits per heavy atom. The van der Waals surface area contributed by atoms with Gasteiger partial charge in [-0.3, -0.25) is 10.1 Å². The van der Waals surface area contributed by atoms with E-state index in [-0.39, 0.29) is 29.1 Å². The summed E-state index contributed by atoms with van der Waals surface area (Å²) in [7, 11) is 3.19. The molecule has 6 nitrogen and oxygen atoms in total. The van der Waals surface area contributed by atoms with Crippen molar-refractivity contribution in [2.45, 2.75) is 12.5 Å². The highest BCUT2D eigenvalue weighted by Gasteiger charge is 2.28. The first kappa shape index (κ1) is 18.0. The van der Waals surface area contributed by atoms with Crippen LogP contribution in [0.15, 0.2) is 36.4 Å². The van der Waals surface area contributed by atoms with Crippen molar-refractivity contribution >= 4 is 5.69 Å². The number of nitro groups is 1. The fourth-order valence-electron chi connectivity index (χ4n) is 3.06. The summed E-state index contributed by atoms with van der Waals surface area (Å²) in [6.07, 6.45) is 0.840. The summed E-state index contributed by atoms with van der Waals surface area (Å²) in [6, 6.07) is 10.4. The van der Waals surface area contributed by atoms with Crippen LogP contribution in [0, 0.1) is 10.1 Å². The van der Waals surface area contributed by atoms with Gasteiger partial charge in [0.25, 0.3) is 5.69 Å². The maximum Gasteiger partial charge on any atom is 0.274 e. The van der Waals surface area contributed by atoms with E-state index in [0.29, 0.717) is 17.1 Å². The van der Waals surface area contributed by atoms with Gasteiger partial charge in [-0.25, -0.2) is 0 Å². The second kappa shape index (κ2) is 7.51. The van der Waals surface area contributed by atoms with Crippen LogP contribution in [0.25, 0.3) is 0 Å². The monoisotopic (exact) mass is 349 g/mol. The van der Waals surface area contributed by atoms with E-state index in [0.717, 1.165) is 24.1 Å². The molecule has 7 heteroatoms. The Morgan fingerprint density at radius 2 is 1.79 bits per heavy atom. The van der Waals surface area contributed by atoms with Crippen molar-refractivity contribution in [3.63, 3.8) is 0 Å². The summed E-state index contributed by atoms with van der Waals surface area (Å²) in [5.41, 5.74) is 2.88. The van der Waals surface area contributed by atoms with E-state index in [1.165, 1.54) is 6.07 Å². The van der Waals surface area contributed by atoms with Crippen LogP contribution in [-0.4, -0.2) is 25.7 Å². The smallest absolute Gasteiger partial charge is 0.274 e. The minimum Gasteiger partial charge on any atom is -1.00 e. The molecule has 2 aromatic carbocycles. The number of nitro benzene ring substituents is 1. The maximum atomic E-state index is 11.3. The topological polar surface area (TPSA) is 73.6 Å². The van der Waals surface area contributed by atoms with Gasteiger partial charge in [0.15, 0.2) is 11.5 Å². The van der Waals surface area contributed by atoms with Gasteiger partial charge in [-0.2, -0.15) is 0 Å². The lowest BCUT2D eigenvalue weighted by Gasteiger charge is -2.28. The number of methoxy groups -OCH3 is 2. The molecule has 128 valence electrons. The van der Waals surface area contributed by atoms with Crippen molar-refractivity contribution in [2.75, 3.05) is 20.8 Å². The molecule has 0 aliphatic carbocycles. The quantitative estimate of drug-likeness (QED) is 0.614. The van der Waals surface area contributed by atoms with E-state index in [2.05, 4.69) is 5.32 Å². The van der Waals surface area contributed by atoms with E-state index < -0.39 is 0 Å². The summed E-state index contributed by atoms with van der Waals surface area (Å²) in [5, 5.41) is 14.7. The molecule has 24 heavy (non-hydrogen) atoms. The first-order valence-corrected chi connectivity index (χ1v) is 7.37. The third-order valence-electron chi connectivity index (χ3n) is 4.14. The molecule has 0 fully saturated rings. The summed E-state index contributed by atoms with van der Waals surface area (Å²) in [6.45, 7) is 0.749. The summed E-state index contributed by atoms with van der Waals surface area (Å²) >= 11 is 0. The number of para-hydroxylation sites is 1. The van der Waals surface area contributed by atoms with Crippen LogP contribution < -0.4 is 27.2 Å². The van der Waals surface area contributed by atoms with Crippen LogP contribution in [0.1, 0.15) is 22.7 Å². The lowest BCUT2D eigenvalue weighted by Crippen LogP contribution is -3.00. The largest absolute Gasteiger partial charge is 1.00 e. The Bertz CT molecular complexity index is 751. The number of rotatable bonds is 4. The minimum atomic E-state index is -0.341. The van der Waals surface area contributed by atoms with Crippen molar-refractivity contribution in [1.29, 1.82) is 0 Å². The third-order valence-corrected chi connectivity index (χ3v) is 4.14. The van der Waals surface area contributed by atoms with Crippen molar-refractivity contribution in [2.24, 2.45) is 0 Å². The van der Waals surface area contributed by atoms with Crippen LogP contribution in [0.4, 0.5) is 5.69 Å². The minimum absolute atomic E-state index is 0. The molecular weight excluding hydrogens is 332 g/mol. The molecule has 3 rings (SSSR count). The number of ether oxygens (including phenoxy) is 2. The summed E-state index contributed by atoms with van der Waals surface area (Å²) < 4.78 is 10.7. The molecule has 1 N–H and O–H groups in total. The first-order valence-electron chi connectivity index (χ1n) is 7.37. The van der Waals surface area contributed by atoms with Crippen LogP contribution >= 0.6 is 0 Å². The predicted octanol–water partition coefficient (Wildman–Crippen LogP) is -0.149. The molecule has 0 bridgehead atoms. The summed E-state index contributed by atoms with van der Waals surface area (Å²) in [5.74, 6) is 1.30. The van der Waals surface area contributed by atoms with Crippen molar-refractivity contribution in [1.82, 2.24) is 5.32 Å². The van der Waals surface area contributed by atoms with Crippen LogP contribution in [0.2, 0.25) is 0 Å². The second-order valence-corrected chi connectivity index (χ2v) is 5.36. The zero-order valence-corrected chi connectivity index (χ0v) is 14.2. The Labute approximate surface area is 146 Å². The number of halogens is 1. The number of nitrogens with zero attached hydrogens (tertiary/aromatic N) is 1. The average Bonchev–Trinajstić information content (AvgIpc) is 2.59. The number of hydrogen-bond donors (Lipinski definition) is 1. The van der Waals surface area contributed by atoms with E-state index in [1.807, 2.05) is 18.2 Å². The van der Waals surface area contributed by atoms with Crippen LogP contribution in [0.3, 0.4) is 0 Å². The fourth-order valence-corrected chi connectivity index (χ4v) is 3.06. The number of nitrogens with one attached hydrogen (secondary N) is 1. The molecule has 2 aromatic rings. The normalized spacial score (nSPS) is 15.8. The first-order chi connectivity index (χ1) is 11.2. The van der Waals surface area contributed by atoms with Gasteiger partial charge >= 0.3 is 0 Å². The van der Waals surface area contributed by atoms with Gasteiger partial charge in [0, 0.05) is 12.6 Å². The molecule has 1 aliphatic heterocycles. The number of benzene rings is 2. The van der Waals surface area contributed by atoms with Crippen LogP contribution in [0.5, 0.6) is 11.5 Å². The SMILES string of the molecule is COc1cc2c(cc1OC)C(c1ccccc1[N+](=O)[O-])NCC2.[Cl-]. The fraction of sp³-hybridized carbons (Fsp3) is 0.294. The molecule has 0 saturated heterocycles. The molecule has 0 amide bonds. The molecular formula is C17H18ClN2O4-. The Hall–Kier alpha value is -2.31. The highest BCUT2D eigenvalue weighted by atomic mass is 35.5. The zero-order chi connectivity index (χ0) is 16.4. The Kier molecular flexibility index (Phi) is 5.64. The molecule has 0 saturated carbocycles. The van der Waals surface area contributed by atoms with Crippen molar-refractivity contribution in [3.05, 3.63) is 63.2 Å². The van der Waals surface area contributed by atoms with Gasteiger partial charge in [-0.05, 0) is 29.7 Å². The molecule has 0 radical (unpaired) electrons. The second-order valence-electron chi connectivity index (χ2n) is 5.36. The van der Waals surface area contributed by atoms with Crippen LogP contribution in [-0.2, 0) is 6.42 Å². The molecule has 1 unspecified atom stereocenters. The number of fused-ring (bicyclic) bond motifs is 1. The van der Waals surface area contributed by atoms with E-state index >= 15 is 0 Å². The van der Waals surface area contributed by atoms with Crippen molar-refractivity contribution < 1.29 is 26.8 Å². The van der Waals surface area contributed by atoms with E-state index in [4.69, 9.17) is 9.47 Å². The lowest BCUT2D eigenvalue weighted by atomic mass is 9.88. The Morgan fingerprint density at radius 3 is 2.46 bits per heavy atom. The van der Waals surface area contributed by atoms with Gasteiger partial charge in [-0.1, -0.05) is 18.2 Å². The predicted molar refractivity (Wildman–Crippen MR) is 86.2 cm³/mol. The third kappa shape index (κ3) is 3.16. The average molecular weight is 350 g/mol. The zero-order valence-electron chi connectivity index (χ0n) is 13.4. The molecule has 1 aliphatic rings. The highest BCUT2D eigenvalue weighted by molar-refractivity contribution is 5.54. The molecule has 0 spiro atoms. The van der Waals surface area contributed by atoms with E-state index in [9.17, 15) is 10.1 Å². The van der Waals surface area contributed by atoms with E-state index in [1.54, 1.807) is 26.4 Å². The Balaban J connectivity index is 0.00000208. The molecule has 1 atom stereocenters. The van der Waals surface area contributed by atoms with Gasteiger partial charge in [0.2, 0.25) is 0 Å². The lowest BCUT2D eigenvalue weighted by molar-refractivity contribution is -0.385. The van der Waals surface area contributed by atoms with Crippen molar-refractivity contribution in [3.8, 4) is 11.5 Å². The van der Waals surface area contributed by atoms with Gasteiger partial charge in [-0.15, -0.1) is 0 Å². The standard InChI is InChI=1S/C17H18N2O4.ClH/c1-22-15-9-11-7-8-18-17(13(11)10-16(15)23-2)12-5-3-4-6-14(12)19(20)21;/h3-6,9-10,17-18H,7-8H2,1-2H3;1H/p-1. The van der Waals surface area contributed by atoms with Gasteiger partial charge in [0.1, 0.15) is 0 Å². The molecule has 1 heterocycles. The van der Waals surface area contributed by atoms with Gasteiger partial charge < -0.3 is 27.2 Å². The van der Waals surface area contributed by atoms with Gasteiger partial charge in [0.05, 0.1) is 30.7 Å². The highest BCUT2D eigenvalue weighted by Crippen LogP contribution is 2.39. The molecule has 0 aromatic heterocycles. The number of hydrogen-bond acceptors (Lipinski definition) is 5. The maximum absolute atomic E-state index is 11.3. The summed E-state index contributed by atoms with van der Waals surface area (Å²) in [4.78, 5) is 11.0.